The summed E-state index contributed by atoms with van der Waals surface area (Å²) in [7, 11) is 0. The summed E-state index contributed by atoms with van der Waals surface area (Å²) in [6.45, 7) is 1.39. The van der Waals surface area contributed by atoms with E-state index in [1.165, 1.54) is 13.0 Å². The fourth-order valence-corrected chi connectivity index (χ4v) is 1.45. The lowest BCUT2D eigenvalue weighted by Gasteiger charge is -2.06. The van der Waals surface area contributed by atoms with E-state index in [-0.39, 0.29) is 16.7 Å². The van der Waals surface area contributed by atoms with Crippen molar-refractivity contribution in [1.82, 2.24) is 9.97 Å². The molecule has 0 fully saturated rings. The van der Waals surface area contributed by atoms with Crippen LogP contribution in [0.4, 0.5) is 4.39 Å². The standard InChI is InChI=1S/C11H9FN2O3/c1-5(11(16)17)9-13-8-4-6(12)2-3-7(8)10(15)14-9/h2-5H,1H3,(H,16,17)(H,13,14,15). The molecule has 0 saturated heterocycles. The molecule has 88 valence electrons. The van der Waals surface area contributed by atoms with E-state index in [1.807, 2.05) is 0 Å². The molecule has 1 aromatic carbocycles. The number of carboxylic acid groups (broad SMARTS) is 1. The summed E-state index contributed by atoms with van der Waals surface area (Å²) in [5, 5.41) is 9.05. The number of carboxylic acids is 1. The molecule has 0 aliphatic heterocycles. The van der Waals surface area contributed by atoms with Crippen LogP contribution in [0.3, 0.4) is 0 Å². The lowest BCUT2D eigenvalue weighted by atomic mass is 10.1. The molecular formula is C11H9FN2O3. The first-order valence-corrected chi connectivity index (χ1v) is 4.91. The molecule has 5 nitrogen and oxygen atoms in total. The van der Waals surface area contributed by atoms with Crippen LogP contribution in [0.1, 0.15) is 18.7 Å². The molecule has 1 unspecified atom stereocenters. The Hall–Kier alpha value is -2.24. The van der Waals surface area contributed by atoms with Crippen LogP contribution in [-0.2, 0) is 4.79 Å². The van der Waals surface area contributed by atoms with E-state index in [0.29, 0.717) is 0 Å². The molecule has 1 heterocycles. The molecule has 0 aliphatic rings. The average molecular weight is 236 g/mol. The van der Waals surface area contributed by atoms with Gasteiger partial charge in [-0.15, -0.1) is 0 Å². The van der Waals surface area contributed by atoms with E-state index in [1.54, 1.807) is 0 Å². The minimum atomic E-state index is -1.11. The van der Waals surface area contributed by atoms with E-state index in [0.717, 1.165) is 12.1 Å². The highest BCUT2D eigenvalue weighted by Gasteiger charge is 2.17. The maximum absolute atomic E-state index is 13.0. The van der Waals surface area contributed by atoms with Gasteiger partial charge in [0.15, 0.2) is 0 Å². The number of benzene rings is 1. The van der Waals surface area contributed by atoms with Crippen LogP contribution in [0.15, 0.2) is 23.0 Å². The highest BCUT2D eigenvalue weighted by atomic mass is 19.1. The Balaban J connectivity index is 2.70. The molecule has 6 heteroatoms. The minimum Gasteiger partial charge on any atom is -0.481 e. The zero-order valence-corrected chi connectivity index (χ0v) is 8.90. The van der Waals surface area contributed by atoms with Gasteiger partial charge in [-0.2, -0.15) is 0 Å². The Labute approximate surface area is 94.9 Å². The van der Waals surface area contributed by atoms with Crippen molar-refractivity contribution in [1.29, 1.82) is 0 Å². The monoisotopic (exact) mass is 236 g/mol. The number of aromatic nitrogens is 2. The molecule has 0 radical (unpaired) electrons. The van der Waals surface area contributed by atoms with Gasteiger partial charge in [0.05, 0.1) is 10.9 Å². The Morgan fingerprint density at radius 3 is 2.88 bits per heavy atom. The van der Waals surface area contributed by atoms with Crippen molar-refractivity contribution >= 4 is 16.9 Å². The highest BCUT2D eigenvalue weighted by molar-refractivity contribution is 5.79. The van der Waals surface area contributed by atoms with E-state index in [2.05, 4.69) is 9.97 Å². The number of rotatable bonds is 2. The number of H-pyrrole nitrogens is 1. The average Bonchev–Trinajstić information content (AvgIpc) is 2.27. The van der Waals surface area contributed by atoms with Crippen molar-refractivity contribution in [2.24, 2.45) is 0 Å². The number of halogens is 1. The first-order chi connectivity index (χ1) is 7.99. The Morgan fingerprint density at radius 1 is 1.53 bits per heavy atom. The predicted molar refractivity (Wildman–Crippen MR) is 58.4 cm³/mol. The van der Waals surface area contributed by atoms with Crippen molar-refractivity contribution in [3.05, 3.63) is 40.2 Å². The molecule has 2 rings (SSSR count). The summed E-state index contributed by atoms with van der Waals surface area (Å²) in [5.41, 5.74) is -0.324. The van der Waals surface area contributed by atoms with Gasteiger partial charge in [-0.25, -0.2) is 9.37 Å². The zero-order chi connectivity index (χ0) is 12.6. The number of aliphatic carboxylic acids is 1. The molecule has 2 N–H and O–H groups in total. The molecule has 0 aliphatic carbocycles. The van der Waals surface area contributed by atoms with Gasteiger partial charge >= 0.3 is 5.97 Å². The van der Waals surface area contributed by atoms with Gasteiger partial charge in [0, 0.05) is 6.07 Å². The van der Waals surface area contributed by atoms with E-state index < -0.39 is 23.3 Å². The summed E-state index contributed by atoms with van der Waals surface area (Å²) in [4.78, 5) is 28.7. The normalized spacial score (nSPS) is 12.6. The van der Waals surface area contributed by atoms with Gasteiger partial charge in [-0.05, 0) is 19.1 Å². The Bertz CT molecular complexity index is 651. The summed E-state index contributed by atoms with van der Waals surface area (Å²) >= 11 is 0. The zero-order valence-electron chi connectivity index (χ0n) is 8.90. The van der Waals surface area contributed by atoms with Gasteiger partial charge < -0.3 is 10.1 Å². The molecular weight excluding hydrogens is 227 g/mol. The maximum Gasteiger partial charge on any atom is 0.313 e. The van der Waals surface area contributed by atoms with Crippen molar-refractivity contribution in [2.75, 3.05) is 0 Å². The second kappa shape index (κ2) is 3.97. The second-order valence-corrected chi connectivity index (χ2v) is 3.67. The van der Waals surface area contributed by atoms with Crippen molar-refractivity contribution in [2.45, 2.75) is 12.8 Å². The SMILES string of the molecule is CC(C(=O)O)c1nc2cc(F)ccc2c(=O)[nH]1. The minimum absolute atomic E-state index is 0.0144. The Kier molecular flexibility index (Phi) is 2.63. The number of nitrogens with one attached hydrogen (secondary N) is 1. The molecule has 0 spiro atoms. The van der Waals surface area contributed by atoms with Crippen LogP contribution in [0.5, 0.6) is 0 Å². The third kappa shape index (κ3) is 2.01. The lowest BCUT2D eigenvalue weighted by Crippen LogP contribution is -2.18. The fraction of sp³-hybridized carbons (Fsp3) is 0.182. The summed E-state index contributed by atoms with van der Waals surface area (Å²) in [6, 6.07) is 3.56. The van der Waals surface area contributed by atoms with Gasteiger partial charge in [-0.1, -0.05) is 0 Å². The van der Waals surface area contributed by atoms with Gasteiger partial charge in [0.1, 0.15) is 17.6 Å². The van der Waals surface area contributed by atoms with E-state index in [9.17, 15) is 14.0 Å². The third-order valence-electron chi connectivity index (χ3n) is 2.47. The van der Waals surface area contributed by atoms with E-state index in [4.69, 9.17) is 5.11 Å². The number of nitrogens with zero attached hydrogens (tertiary/aromatic N) is 1. The van der Waals surface area contributed by atoms with Crippen LogP contribution in [-0.4, -0.2) is 21.0 Å². The van der Waals surface area contributed by atoms with Gasteiger partial charge in [0.2, 0.25) is 0 Å². The number of hydrogen-bond donors (Lipinski definition) is 2. The second-order valence-electron chi connectivity index (χ2n) is 3.67. The maximum atomic E-state index is 13.0. The van der Waals surface area contributed by atoms with Crippen LogP contribution in [0.2, 0.25) is 0 Å². The van der Waals surface area contributed by atoms with Gasteiger partial charge in [-0.3, -0.25) is 9.59 Å². The molecule has 2 aromatic rings. The highest BCUT2D eigenvalue weighted by Crippen LogP contribution is 2.14. The third-order valence-corrected chi connectivity index (χ3v) is 2.47. The lowest BCUT2D eigenvalue weighted by molar-refractivity contribution is -0.138. The van der Waals surface area contributed by atoms with Crippen molar-refractivity contribution in [3.63, 3.8) is 0 Å². The summed E-state index contributed by atoms with van der Waals surface area (Å²) in [5.74, 6) is -2.57. The van der Waals surface area contributed by atoms with Crippen LogP contribution < -0.4 is 5.56 Å². The van der Waals surface area contributed by atoms with Crippen LogP contribution in [0, 0.1) is 5.82 Å². The first kappa shape index (κ1) is 11.3. The molecule has 0 saturated carbocycles. The molecule has 0 amide bonds. The smallest absolute Gasteiger partial charge is 0.313 e. The quantitative estimate of drug-likeness (QED) is 0.822. The fourth-order valence-electron chi connectivity index (χ4n) is 1.45. The van der Waals surface area contributed by atoms with Crippen molar-refractivity contribution in [3.8, 4) is 0 Å². The van der Waals surface area contributed by atoms with E-state index >= 15 is 0 Å². The topological polar surface area (TPSA) is 83.0 Å². The van der Waals surface area contributed by atoms with Gasteiger partial charge in [0.25, 0.3) is 5.56 Å². The summed E-state index contributed by atoms with van der Waals surface area (Å²) < 4.78 is 13.0. The number of carbonyl (C=O) groups is 1. The Morgan fingerprint density at radius 2 is 2.24 bits per heavy atom. The first-order valence-electron chi connectivity index (χ1n) is 4.91. The number of hydrogen-bond acceptors (Lipinski definition) is 3. The largest absolute Gasteiger partial charge is 0.481 e. The predicted octanol–water partition coefficient (Wildman–Crippen LogP) is 1.25. The van der Waals surface area contributed by atoms with Crippen LogP contribution >= 0.6 is 0 Å². The molecule has 1 aromatic heterocycles. The van der Waals surface area contributed by atoms with Crippen molar-refractivity contribution < 1.29 is 14.3 Å². The molecule has 17 heavy (non-hydrogen) atoms. The molecule has 0 bridgehead atoms. The molecule has 1 atom stereocenters. The summed E-state index contributed by atoms with van der Waals surface area (Å²) in [6.07, 6.45) is 0. The van der Waals surface area contributed by atoms with Crippen LogP contribution in [0.25, 0.3) is 10.9 Å². The number of aromatic amines is 1. The number of fused-ring (bicyclic) bond motifs is 1.